The maximum absolute atomic E-state index is 9.18. The van der Waals surface area contributed by atoms with Crippen LogP contribution in [0.15, 0.2) is 60.8 Å². The van der Waals surface area contributed by atoms with Crippen molar-refractivity contribution in [2.24, 2.45) is 0 Å². The van der Waals surface area contributed by atoms with Crippen LogP contribution in [-0.4, -0.2) is 27.3 Å². The molecule has 0 radical (unpaired) electrons. The Hall–Kier alpha value is -2.90. The minimum atomic E-state index is 0.467. The second-order valence-corrected chi connectivity index (χ2v) is 6.94. The van der Waals surface area contributed by atoms with Gasteiger partial charge in [0.1, 0.15) is 0 Å². The molecule has 4 heteroatoms. The Morgan fingerprint density at radius 3 is 2.50 bits per heavy atom. The number of nitrogens with zero attached hydrogens (tertiary/aromatic N) is 4. The van der Waals surface area contributed by atoms with Crippen LogP contribution in [0.4, 0.5) is 0 Å². The Morgan fingerprint density at radius 2 is 1.85 bits per heavy atom. The normalized spacial score (nSPS) is 13.7. The van der Waals surface area contributed by atoms with E-state index in [9.17, 15) is 5.26 Å². The highest BCUT2D eigenvalue weighted by Gasteiger charge is 2.29. The lowest BCUT2D eigenvalue weighted by molar-refractivity contribution is 0.287. The van der Waals surface area contributed by atoms with Gasteiger partial charge in [0.05, 0.1) is 24.0 Å². The minimum absolute atomic E-state index is 0.467. The van der Waals surface area contributed by atoms with E-state index in [1.54, 1.807) is 0 Å². The molecule has 0 spiro atoms. The molecule has 3 aromatic rings. The van der Waals surface area contributed by atoms with Gasteiger partial charge >= 0.3 is 0 Å². The zero-order valence-corrected chi connectivity index (χ0v) is 15.0. The zero-order valence-electron chi connectivity index (χ0n) is 15.0. The van der Waals surface area contributed by atoms with Crippen molar-refractivity contribution >= 4 is 0 Å². The first-order chi connectivity index (χ1) is 12.7. The molecule has 1 aliphatic rings. The van der Waals surface area contributed by atoms with Gasteiger partial charge in [0.2, 0.25) is 0 Å². The second kappa shape index (κ2) is 7.15. The van der Waals surface area contributed by atoms with E-state index < -0.39 is 0 Å². The molecular formula is C22H22N4. The third-order valence-corrected chi connectivity index (χ3v) is 4.85. The van der Waals surface area contributed by atoms with Crippen LogP contribution in [0.1, 0.15) is 24.0 Å². The molecule has 1 saturated carbocycles. The van der Waals surface area contributed by atoms with Crippen LogP contribution in [0, 0.1) is 18.3 Å². The maximum atomic E-state index is 9.18. The molecule has 0 amide bonds. The number of aryl methyl sites for hydroxylation is 1. The average molecular weight is 342 g/mol. The number of hydrogen-bond donors (Lipinski definition) is 0. The molecule has 0 aliphatic heterocycles. The molecular weight excluding hydrogens is 320 g/mol. The van der Waals surface area contributed by atoms with Crippen molar-refractivity contribution in [2.45, 2.75) is 32.4 Å². The number of rotatable bonds is 6. The van der Waals surface area contributed by atoms with E-state index in [1.807, 2.05) is 22.9 Å². The summed E-state index contributed by atoms with van der Waals surface area (Å²) in [6.07, 6.45) is 4.49. The average Bonchev–Trinajstić information content (AvgIpc) is 3.43. The Morgan fingerprint density at radius 1 is 1.12 bits per heavy atom. The Bertz CT molecular complexity index is 915. The van der Waals surface area contributed by atoms with E-state index in [1.165, 1.54) is 24.0 Å². The standard InChI is InChI=1S/C22H22N4/c1-17-7-9-18(10-8-17)22-19(15-25(14-13-23)20-11-12-20)16-26(24-22)21-5-3-2-4-6-21/h2-10,16,20H,11-12,14-15H2,1H3. The Balaban J connectivity index is 1.73. The van der Waals surface area contributed by atoms with E-state index in [0.29, 0.717) is 12.6 Å². The van der Waals surface area contributed by atoms with Crippen LogP contribution < -0.4 is 0 Å². The van der Waals surface area contributed by atoms with Crippen molar-refractivity contribution < 1.29 is 0 Å². The fourth-order valence-electron chi connectivity index (χ4n) is 3.26. The summed E-state index contributed by atoms with van der Waals surface area (Å²) in [7, 11) is 0. The fourth-order valence-corrected chi connectivity index (χ4v) is 3.26. The quantitative estimate of drug-likeness (QED) is 0.626. The monoisotopic (exact) mass is 342 g/mol. The predicted molar refractivity (Wildman–Crippen MR) is 103 cm³/mol. The molecule has 0 atom stereocenters. The van der Waals surface area contributed by atoms with Crippen LogP contribution >= 0.6 is 0 Å². The second-order valence-electron chi connectivity index (χ2n) is 6.94. The Labute approximate surface area is 154 Å². The Kier molecular flexibility index (Phi) is 4.55. The summed E-state index contributed by atoms with van der Waals surface area (Å²) in [5, 5.41) is 14.1. The van der Waals surface area contributed by atoms with Crippen LogP contribution in [0.25, 0.3) is 16.9 Å². The van der Waals surface area contributed by atoms with Gasteiger partial charge in [-0.15, -0.1) is 0 Å². The lowest BCUT2D eigenvalue weighted by atomic mass is 10.1. The molecule has 26 heavy (non-hydrogen) atoms. The summed E-state index contributed by atoms with van der Waals surface area (Å²) >= 11 is 0. The fraction of sp³-hybridized carbons (Fsp3) is 0.273. The molecule has 130 valence electrons. The molecule has 1 heterocycles. The number of aromatic nitrogens is 2. The van der Waals surface area contributed by atoms with E-state index in [-0.39, 0.29) is 0 Å². The SMILES string of the molecule is Cc1ccc(-c2nn(-c3ccccc3)cc2CN(CC#N)C2CC2)cc1. The van der Waals surface area contributed by atoms with Gasteiger partial charge in [-0.05, 0) is 31.9 Å². The van der Waals surface area contributed by atoms with Gasteiger partial charge < -0.3 is 0 Å². The topological polar surface area (TPSA) is 44.9 Å². The van der Waals surface area contributed by atoms with Gasteiger partial charge in [0.25, 0.3) is 0 Å². The minimum Gasteiger partial charge on any atom is -0.283 e. The van der Waals surface area contributed by atoms with Crippen LogP contribution in [0.3, 0.4) is 0 Å². The molecule has 1 aromatic heterocycles. The van der Waals surface area contributed by atoms with E-state index >= 15 is 0 Å². The number of hydrogen-bond acceptors (Lipinski definition) is 3. The summed E-state index contributed by atoms with van der Waals surface area (Å²) < 4.78 is 1.95. The molecule has 0 bridgehead atoms. The highest BCUT2D eigenvalue weighted by molar-refractivity contribution is 5.63. The number of para-hydroxylation sites is 1. The van der Waals surface area contributed by atoms with E-state index in [0.717, 1.165) is 23.5 Å². The summed E-state index contributed by atoms with van der Waals surface area (Å²) in [6, 6.07) is 21.5. The molecule has 4 rings (SSSR count). The predicted octanol–water partition coefficient (Wildman–Crippen LogP) is 4.34. The first-order valence-electron chi connectivity index (χ1n) is 9.06. The lowest BCUT2D eigenvalue weighted by Crippen LogP contribution is -2.25. The van der Waals surface area contributed by atoms with Crippen molar-refractivity contribution in [3.8, 4) is 23.0 Å². The first kappa shape index (κ1) is 16.6. The van der Waals surface area contributed by atoms with Crippen molar-refractivity contribution in [1.82, 2.24) is 14.7 Å². The van der Waals surface area contributed by atoms with Crippen molar-refractivity contribution in [3.63, 3.8) is 0 Å². The highest BCUT2D eigenvalue weighted by Crippen LogP contribution is 2.31. The molecule has 1 aliphatic carbocycles. The molecule has 2 aromatic carbocycles. The zero-order chi connectivity index (χ0) is 17.9. The summed E-state index contributed by atoms with van der Waals surface area (Å²) in [6.45, 7) is 3.32. The van der Waals surface area contributed by atoms with Crippen LogP contribution in [0.5, 0.6) is 0 Å². The lowest BCUT2D eigenvalue weighted by Gasteiger charge is -2.18. The van der Waals surface area contributed by atoms with Crippen LogP contribution in [0.2, 0.25) is 0 Å². The largest absolute Gasteiger partial charge is 0.283 e. The van der Waals surface area contributed by atoms with Crippen molar-refractivity contribution in [3.05, 3.63) is 71.9 Å². The smallest absolute Gasteiger partial charge is 0.0972 e. The van der Waals surface area contributed by atoms with Crippen molar-refractivity contribution in [2.75, 3.05) is 6.54 Å². The van der Waals surface area contributed by atoms with Crippen LogP contribution in [-0.2, 0) is 6.54 Å². The summed E-state index contributed by atoms with van der Waals surface area (Å²) in [4.78, 5) is 2.27. The van der Waals surface area contributed by atoms with E-state index in [4.69, 9.17) is 5.10 Å². The summed E-state index contributed by atoms with van der Waals surface area (Å²) in [5.74, 6) is 0. The molecule has 0 unspecified atom stereocenters. The first-order valence-corrected chi connectivity index (χ1v) is 9.06. The van der Waals surface area contributed by atoms with Gasteiger partial charge in [0.15, 0.2) is 0 Å². The summed E-state index contributed by atoms with van der Waals surface area (Å²) in [5.41, 5.74) is 5.57. The third-order valence-electron chi connectivity index (χ3n) is 4.85. The molecule has 0 N–H and O–H groups in total. The third kappa shape index (κ3) is 3.54. The van der Waals surface area contributed by atoms with Crippen molar-refractivity contribution in [1.29, 1.82) is 5.26 Å². The molecule has 4 nitrogen and oxygen atoms in total. The molecule has 1 fully saturated rings. The van der Waals surface area contributed by atoms with E-state index in [2.05, 4.69) is 60.5 Å². The van der Waals surface area contributed by atoms with Gasteiger partial charge in [-0.1, -0.05) is 48.0 Å². The maximum Gasteiger partial charge on any atom is 0.0972 e. The number of nitriles is 1. The van der Waals surface area contributed by atoms with Gasteiger partial charge in [-0.2, -0.15) is 10.4 Å². The molecule has 0 saturated heterocycles. The number of benzene rings is 2. The highest BCUT2D eigenvalue weighted by atomic mass is 15.3. The van der Waals surface area contributed by atoms with Gasteiger partial charge in [-0.3, -0.25) is 4.90 Å². The van der Waals surface area contributed by atoms with Gasteiger partial charge in [-0.25, -0.2) is 4.68 Å². The van der Waals surface area contributed by atoms with Gasteiger partial charge in [0, 0.05) is 29.9 Å².